The Morgan fingerprint density at radius 2 is 1.97 bits per heavy atom. The first kappa shape index (κ1) is 23.2. The van der Waals surface area contributed by atoms with Crippen molar-refractivity contribution in [1.82, 2.24) is 25.3 Å². The predicted octanol–water partition coefficient (Wildman–Crippen LogP) is 2.46. The summed E-state index contributed by atoms with van der Waals surface area (Å²) in [6.07, 6.45) is 7.35. The maximum absolute atomic E-state index is 11.5. The Morgan fingerprint density at radius 1 is 1.24 bits per heavy atom. The van der Waals surface area contributed by atoms with E-state index in [0.717, 1.165) is 50.5 Å². The second-order valence-electron chi connectivity index (χ2n) is 7.15. The second kappa shape index (κ2) is 11.8. The normalized spacial score (nSPS) is 15.0. The standard InChI is InChI=1S/C21H30N6O.HI/c1-22-20(28)16-18-9-14-26(15-10-18)21(23-2)24-12-8-17-4-6-19(7-5-17)27-13-3-11-25-27;/h3-7,11,13,18H,8-10,12,14-16H2,1-2H3,(H,22,28)(H,23,24);1H. The van der Waals surface area contributed by atoms with Crippen molar-refractivity contribution < 1.29 is 4.79 Å². The molecule has 2 N–H and O–H groups in total. The van der Waals surface area contributed by atoms with Gasteiger partial charge in [0.15, 0.2) is 5.96 Å². The third-order valence-corrected chi connectivity index (χ3v) is 5.28. The Bertz CT molecular complexity index is 767. The van der Waals surface area contributed by atoms with Crippen molar-refractivity contribution in [3.05, 3.63) is 48.3 Å². The fourth-order valence-electron chi connectivity index (χ4n) is 3.60. The number of aliphatic imine (C=N–C) groups is 1. The number of nitrogens with one attached hydrogen (secondary N) is 2. The summed E-state index contributed by atoms with van der Waals surface area (Å²) in [7, 11) is 3.53. The molecule has 2 heterocycles. The highest BCUT2D eigenvalue weighted by Gasteiger charge is 2.22. The van der Waals surface area contributed by atoms with Crippen LogP contribution in [0.1, 0.15) is 24.8 Å². The summed E-state index contributed by atoms with van der Waals surface area (Å²) in [6.45, 7) is 2.73. The molecule has 1 fully saturated rings. The lowest BCUT2D eigenvalue weighted by molar-refractivity contribution is -0.121. The summed E-state index contributed by atoms with van der Waals surface area (Å²) in [5, 5.41) is 10.4. The maximum atomic E-state index is 11.5. The Labute approximate surface area is 190 Å². The Balaban J connectivity index is 0.00000300. The molecule has 7 nitrogen and oxygen atoms in total. The first-order valence-corrected chi connectivity index (χ1v) is 9.94. The molecule has 158 valence electrons. The second-order valence-corrected chi connectivity index (χ2v) is 7.15. The number of piperidine rings is 1. The summed E-state index contributed by atoms with van der Waals surface area (Å²) < 4.78 is 1.86. The number of carbonyl (C=O) groups is 1. The van der Waals surface area contributed by atoms with Crippen LogP contribution < -0.4 is 10.6 Å². The first-order chi connectivity index (χ1) is 13.7. The number of aromatic nitrogens is 2. The van der Waals surface area contributed by atoms with Crippen molar-refractivity contribution in [3.8, 4) is 5.69 Å². The fourth-order valence-corrected chi connectivity index (χ4v) is 3.60. The van der Waals surface area contributed by atoms with E-state index in [0.29, 0.717) is 12.3 Å². The van der Waals surface area contributed by atoms with Gasteiger partial charge in [-0.25, -0.2) is 4.68 Å². The number of carbonyl (C=O) groups excluding carboxylic acids is 1. The van der Waals surface area contributed by atoms with Crippen molar-refractivity contribution in [2.24, 2.45) is 10.9 Å². The molecule has 8 heteroatoms. The van der Waals surface area contributed by atoms with E-state index in [1.807, 2.05) is 24.0 Å². The zero-order valence-electron chi connectivity index (χ0n) is 17.2. The van der Waals surface area contributed by atoms with Crippen molar-refractivity contribution in [1.29, 1.82) is 0 Å². The molecule has 1 aliphatic rings. The van der Waals surface area contributed by atoms with Gasteiger partial charge in [-0.2, -0.15) is 5.10 Å². The summed E-state index contributed by atoms with van der Waals surface area (Å²) in [5.41, 5.74) is 2.35. The third-order valence-electron chi connectivity index (χ3n) is 5.28. The number of benzene rings is 1. The van der Waals surface area contributed by atoms with Crippen LogP contribution in [0.3, 0.4) is 0 Å². The summed E-state index contributed by atoms with van der Waals surface area (Å²) in [5.74, 6) is 1.56. The van der Waals surface area contributed by atoms with Crippen LogP contribution >= 0.6 is 24.0 Å². The number of hydrogen-bond donors (Lipinski definition) is 2. The molecule has 0 unspecified atom stereocenters. The number of halogens is 1. The molecule has 1 aromatic heterocycles. The first-order valence-electron chi connectivity index (χ1n) is 9.94. The lowest BCUT2D eigenvalue weighted by Crippen LogP contribution is -2.46. The predicted molar refractivity (Wildman–Crippen MR) is 127 cm³/mol. The average molecular weight is 510 g/mol. The van der Waals surface area contributed by atoms with Gasteiger partial charge in [-0.05, 0) is 48.9 Å². The molecule has 0 saturated carbocycles. The van der Waals surface area contributed by atoms with Crippen LogP contribution in [0.25, 0.3) is 5.69 Å². The van der Waals surface area contributed by atoms with Gasteiger partial charge in [0.25, 0.3) is 0 Å². The quantitative estimate of drug-likeness (QED) is 0.356. The number of rotatable bonds is 6. The molecular formula is C21H31IN6O. The molecular weight excluding hydrogens is 479 g/mol. The summed E-state index contributed by atoms with van der Waals surface area (Å²) in [6, 6.07) is 10.4. The molecule has 0 aliphatic carbocycles. The highest BCUT2D eigenvalue weighted by molar-refractivity contribution is 14.0. The maximum Gasteiger partial charge on any atom is 0.220 e. The summed E-state index contributed by atoms with van der Waals surface area (Å²) >= 11 is 0. The molecule has 1 aliphatic heterocycles. The molecule has 1 amide bonds. The fraction of sp³-hybridized carbons (Fsp3) is 0.476. The molecule has 0 bridgehead atoms. The van der Waals surface area contributed by atoms with Gasteiger partial charge in [0, 0.05) is 52.5 Å². The Morgan fingerprint density at radius 3 is 2.55 bits per heavy atom. The SMILES string of the molecule is CN=C(NCCc1ccc(-n2cccn2)cc1)N1CCC(CC(=O)NC)CC1.I. The minimum atomic E-state index is 0. The van der Waals surface area contributed by atoms with Crippen LogP contribution in [0.15, 0.2) is 47.7 Å². The van der Waals surface area contributed by atoms with Crippen molar-refractivity contribution >= 4 is 35.8 Å². The van der Waals surface area contributed by atoms with Crippen LogP contribution in [0, 0.1) is 5.92 Å². The van der Waals surface area contributed by atoms with Crippen molar-refractivity contribution in [3.63, 3.8) is 0 Å². The van der Waals surface area contributed by atoms with E-state index in [2.05, 4.69) is 49.9 Å². The van der Waals surface area contributed by atoms with Gasteiger partial charge in [-0.1, -0.05) is 12.1 Å². The van der Waals surface area contributed by atoms with Gasteiger partial charge < -0.3 is 15.5 Å². The molecule has 1 saturated heterocycles. The van der Waals surface area contributed by atoms with E-state index in [1.165, 1.54) is 5.56 Å². The number of hydrogen-bond acceptors (Lipinski definition) is 3. The lowest BCUT2D eigenvalue weighted by Gasteiger charge is -2.34. The molecule has 0 spiro atoms. The molecule has 1 aromatic carbocycles. The van der Waals surface area contributed by atoms with E-state index >= 15 is 0 Å². The highest BCUT2D eigenvalue weighted by atomic mass is 127. The zero-order valence-corrected chi connectivity index (χ0v) is 19.5. The van der Waals surface area contributed by atoms with Gasteiger partial charge in [-0.3, -0.25) is 9.79 Å². The van der Waals surface area contributed by atoms with Crippen LogP contribution in [0.5, 0.6) is 0 Å². The van der Waals surface area contributed by atoms with E-state index in [1.54, 1.807) is 13.2 Å². The van der Waals surface area contributed by atoms with E-state index in [4.69, 9.17) is 0 Å². The minimum absolute atomic E-state index is 0. The highest BCUT2D eigenvalue weighted by Crippen LogP contribution is 2.20. The van der Waals surface area contributed by atoms with E-state index in [-0.39, 0.29) is 29.9 Å². The minimum Gasteiger partial charge on any atom is -0.359 e. The smallest absolute Gasteiger partial charge is 0.220 e. The zero-order chi connectivity index (χ0) is 19.8. The number of amides is 1. The molecule has 29 heavy (non-hydrogen) atoms. The van der Waals surface area contributed by atoms with Crippen LogP contribution in [0.2, 0.25) is 0 Å². The van der Waals surface area contributed by atoms with Gasteiger partial charge in [-0.15, -0.1) is 24.0 Å². The summed E-state index contributed by atoms with van der Waals surface area (Å²) in [4.78, 5) is 18.3. The average Bonchev–Trinajstić information content (AvgIpc) is 3.27. The van der Waals surface area contributed by atoms with Gasteiger partial charge in [0.2, 0.25) is 5.91 Å². The van der Waals surface area contributed by atoms with Gasteiger partial charge >= 0.3 is 0 Å². The Kier molecular flexibility index (Phi) is 9.43. The largest absolute Gasteiger partial charge is 0.359 e. The number of nitrogens with zero attached hydrogens (tertiary/aromatic N) is 4. The van der Waals surface area contributed by atoms with Crippen molar-refractivity contribution in [2.75, 3.05) is 33.7 Å². The van der Waals surface area contributed by atoms with Crippen LogP contribution in [-0.2, 0) is 11.2 Å². The monoisotopic (exact) mass is 510 g/mol. The van der Waals surface area contributed by atoms with Crippen LogP contribution in [-0.4, -0.2) is 60.3 Å². The number of likely N-dealkylation sites (tertiary alicyclic amines) is 1. The topological polar surface area (TPSA) is 74.5 Å². The van der Waals surface area contributed by atoms with E-state index < -0.39 is 0 Å². The van der Waals surface area contributed by atoms with E-state index in [9.17, 15) is 4.79 Å². The molecule has 2 aromatic rings. The van der Waals surface area contributed by atoms with Crippen molar-refractivity contribution in [2.45, 2.75) is 25.7 Å². The molecule has 0 radical (unpaired) electrons. The number of guanidine groups is 1. The van der Waals surface area contributed by atoms with Crippen LogP contribution in [0.4, 0.5) is 0 Å². The van der Waals surface area contributed by atoms with Gasteiger partial charge in [0.1, 0.15) is 0 Å². The lowest BCUT2D eigenvalue weighted by atomic mass is 9.93. The third kappa shape index (κ3) is 6.73. The molecule has 0 atom stereocenters. The van der Waals surface area contributed by atoms with Gasteiger partial charge in [0.05, 0.1) is 5.69 Å². The molecule has 3 rings (SSSR count). The Hall–Kier alpha value is -2.10.